The first-order valence-electron chi connectivity index (χ1n) is 10.7. The molecule has 0 aliphatic rings. The van der Waals surface area contributed by atoms with E-state index in [1.165, 1.54) is 0 Å². The maximum absolute atomic E-state index is 10.8. The highest BCUT2D eigenvalue weighted by molar-refractivity contribution is 5.36. The molecule has 0 aliphatic heterocycles. The van der Waals surface area contributed by atoms with Crippen molar-refractivity contribution < 1.29 is 10.2 Å². The van der Waals surface area contributed by atoms with Gasteiger partial charge in [-0.25, -0.2) is 0 Å². The minimum Gasteiger partial charge on any atom is -0.381 e. The monoisotopic (exact) mass is 410 g/mol. The van der Waals surface area contributed by atoms with Crippen molar-refractivity contribution in [1.29, 1.82) is 0 Å². The smallest absolute Gasteiger partial charge is 0.114 e. The highest BCUT2D eigenvalue weighted by Gasteiger charge is 2.28. The Morgan fingerprint density at radius 2 is 0.742 bits per heavy atom. The van der Waals surface area contributed by atoms with Gasteiger partial charge in [-0.15, -0.1) is 0 Å². The molecule has 2 nitrogen and oxygen atoms in total. The summed E-state index contributed by atoms with van der Waals surface area (Å²) in [6.07, 6.45) is 0.668. The summed E-state index contributed by atoms with van der Waals surface area (Å²) < 4.78 is 0. The van der Waals surface area contributed by atoms with Gasteiger partial charge in [0, 0.05) is 0 Å². The molecule has 0 bridgehead atoms. The van der Waals surface area contributed by atoms with Crippen LogP contribution < -0.4 is 0 Å². The summed E-state index contributed by atoms with van der Waals surface area (Å²) in [6.45, 7) is 3.82. The van der Waals surface area contributed by atoms with Gasteiger partial charge in [0.05, 0.1) is 0 Å². The Morgan fingerprint density at radius 3 is 1.00 bits per heavy atom. The topological polar surface area (TPSA) is 40.5 Å². The molecule has 4 aromatic rings. The molecule has 0 amide bonds. The summed E-state index contributed by atoms with van der Waals surface area (Å²) in [4.78, 5) is 0. The van der Waals surface area contributed by atoms with Gasteiger partial charge in [-0.2, -0.15) is 0 Å². The number of hydrogen-bond donors (Lipinski definition) is 2. The van der Waals surface area contributed by atoms with E-state index in [2.05, 4.69) is 0 Å². The highest BCUT2D eigenvalue weighted by atomic mass is 16.3. The van der Waals surface area contributed by atoms with Crippen LogP contribution in [0.4, 0.5) is 0 Å². The van der Waals surface area contributed by atoms with Crippen molar-refractivity contribution >= 4 is 0 Å². The Morgan fingerprint density at radius 1 is 0.484 bits per heavy atom. The fourth-order valence-corrected chi connectivity index (χ4v) is 3.69. The highest BCUT2D eigenvalue weighted by Crippen LogP contribution is 2.32. The van der Waals surface area contributed by atoms with E-state index in [-0.39, 0.29) is 0 Å². The molecule has 0 fully saturated rings. The van der Waals surface area contributed by atoms with Gasteiger partial charge in [0.2, 0.25) is 0 Å². The lowest BCUT2D eigenvalue weighted by Crippen LogP contribution is -2.25. The lowest BCUT2D eigenvalue weighted by atomic mass is 9.84. The molecule has 0 spiro atoms. The quantitative estimate of drug-likeness (QED) is 0.407. The van der Waals surface area contributed by atoms with E-state index in [0.717, 1.165) is 22.3 Å². The predicted octanol–water partition coefficient (Wildman–Crippen LogP) is 6.27. The van der Waals surface area contributed by atoms with E-state index in [0.29, 0.717) is 6.42 Å². The second-order valence-electron chi connectivity index (χ2n) is 7.75. The van der Waals surface area contributed by atoms with Gasteiger partial charge in [0.25, 0.3) is 0 Å². The van der Waals surface area contributed by atoms with Crippen LogP contribution >= 0.6 is 0 Å². The standard InChI is InChI=1S/C15H16O.C14H14O/c1-2-15(16,13-9-5-3-6-10-13)14-11-7-4-8-12-14;1-14(15,12-8-4-2-5-9-12)13-10-6-3-7-11-13/h3-12,16H,2H2,1H3;2-11,15H,1H3. The molecule has 0 aliphatic carbocycles. The van der Waals surface area contributed by atoms with Gasteiger partial charge < -0.3 is 10.2 Å². The predicted molar refractivity (Wildman–Crippen MR) is 128 cm³/mol. The maximum atomic E-state index is 10.8. The summed E-state index contributed by atoms with van der Waals surface area (Å²) in [6, 6.07) is 39.0. The van der Waals surface area contributed by atoms with E-state index in [9.17, 15) is 10.2 Å². The van der Waals surface area contributed by atoms with Crippen LogP contribution in [0.5, 0.6) is 0 Å². The van der Waals surface area contributed by atoms with Gasteiger partial charge in [0.15, 0.2) is 0 Å². The summed E-state index contributed by atoms with van der Waals surface area (Å²) in [5.41, 5.74) is 1.94. The summed E-state index contributed by atoms with van der Waals surface area (Å²) in [5.74, 6) is 0. The number of hydrogen-bond acceptors (Lipinski definition) is 2. The van der Waals surface area contributed by atoms with E-state index in [4.69, 9.17) is 0 Å². The number of rotatable bonds is 5. The molecule has 0 saturated heterocycles. The summed E-state index contributed by atoms with van der Waals surface area (Å²) in [5, 5.41) is 21.2. The second kappa shape index (κ2) is 10.2. The molecular formula is C29H30O2. The first kappa shape index (κ1) is 22.5. The maximum Gasteiger partial charge on any atom is 0.114 e. The largest absolute Gasteiger partial charge is 0.381 e. The molecule has 2 N–H and O–H groups in total. The third kappa shape index (κ3) is 5.29. The van der Waals surface area contributed by atoms with Gasteiger partial charge in [0.1, 0.15) is 11.2 Å². The zero-order chi connectivity index (χ0) is 22.2. The molecule has 0 unspecified atom stereocenters. The molecule has 4 aromatic carbocycles. The molecule has 0 heterocycles. The molecule has 0 saturated carbocycles. The fraction of sp³-hybridized carbons (Fsp3) is 0.172. The number of benzene rings is 4. The molecule has 0 aromatic heterocycles. The van der Waals surface area contributed by atoms with Crippen LogP contribution in [0.15, 0.2) is 121 Å². The Kier molecular flexibility index (Phi) is 7.41. The van der Waals surface area contributed by atoms with Crippen molar-refractivity contribution in [3.8, 4) is 0 Å². The van der Waals surface area contributed by atoms with Crippen molar-refractivity contribution in [2.75, 3.05) is 0 Å². The van der Waals surface area contributed by atoms with Crippen molar-refractivity contribution in [2.24, 2.45) is 0 Å². The van der Waals surface area contributed by atoms with E-state index >= 15 is 0 Å². The normalized spacial score (nSPS) is 11.4. The van der Waals surface area contributed by atoms with Crippen LogP contribution in [0.3, 0.4) is 0 Å². The second-order valence-corrected chi connectivity index (χ2v) is 7.75. The van der Waals surface area contributed by atoms with Crippen LogP contribution in [-0.4, -0.2) is 10.2 Å². The summed E-state index contributed by atoms with van der Waals surface area (Å²) >= 11 is 0. The molecule has 4 rings (SSSR count). The van der Waals surface area contributed by atoms with Crippen molar-refractivity contribution in [3.05, 3.63) is 144 Å². The van der Waals surface area contributed by atoms with E-state index in [1.54, 1.807) is 0 Å². The van der Waals surface area contributed by atoms with Gasteiger partial charge >= 0.3 is 0 Å². The lowest BCUT2D eigenvalue weighted by molar-refractivity contribution is 0.0765. The molecular weight excluding hydrogens is 380 g/mol. The van der Waals surface area contributed by atoms with Gasteiger partial charge in [-0.1, -0.05) is 128 Å². The SMILES string of the molecule is CC(O)(c1ccccc1)c1ccccc1.CCC(O)(c1ccccc1)c1ccccc1. The first-order valence-corrected chi connectivity index (χ1v) is 10.7. The molecule has 0 atom stereocenters. The van der Waals surface area contributed by atoms with Gasteiger partial charge in [-0.3, -0.25) is 0 Å². The first-order chi connectivity index (χ1) is 15.0. The Labute approximate surface area is 185 Å². The van der Waals surface area contributed by atoms with Crippen molar-refractivity contribution in [1.82, 2.24) is 0 Å². The number of aliphatic hydroxyl groups is 2. The van der Waals surface area contributed by atoms with E-state index in [1.807, 2.05) is 135 Å². The fourth-order valence-electron chi connectivity index (χ4n) is 3.69. The molecule has 0 radical (unpaired) electrons. The average Bonchev–Trinajstić information content (AvgIpc) is 2.86. The minimum absolute atomic E-state index is 0.668. The average molecular weight is 411 g/mol. The molecule has 31 heavy (non-hydrogen) atoms. The van der Waals surface area contributed by atoms with Crippen LogP contribution in [-0.2, 0) is 11.2 Å². The minimum atomic E-state index is -0.914. The Balaban J connectivity index is 0.000000176. The van der Waals surface area contributed by atoms with E-state index < -0.39 is 11.2 Å². The van der Waals surface area contributed by atoms with Gasteiger partial charge in [-0.05, 0) is 35.6 Å². The third-order valence-corrected chi connectivity index (χ3v) is 5.69. The summed E-state index contributed by atoms with van der Waals surface area (Å²) in [7, 11) is 0. The van der Waals surface area contributed by atoms with Crippen molar-refractivity contribution in [2.45, 2.75) is 31.5 Å². The zero-order valence-electron chi connectivity index (χ0n) is 18.1. The lowest BCUT2D eigenvalue weighted by Gasteiger charge is -2.28. The zero-order valence-corrected chi connectivity index (χ0v) is 18.1. The molecule has 2 heteroatoms. The van der Waals surface area contributed by atoms with Crippen LogP contribution in [0.25, 0.3) is 0 Å². The van der Waals surface area contributed by atoms with Crippen molar-refractivity contribution in [3.63, 3.8) is 0 Å². The van der Waals surface area contributed by atoms with Crippen LogP contribution in [0.2, 0.25) is 0 Å². The van der Waals surface area contributed by atoms with Crippen LogP contribution in [0.1, 0.15) is 42.5 Å². The third-order valence-electron chi connectivity index (χ3n) is 5.69. The van der Waals surface area contributed by atoms with Crippen LogP contribution in [0, 0.1) is 0 Å². The Bertz CT molecular complexity index is 946. The molecule has 158 valence electrons. The Hall–Kier alpha value is -3.20.